The largest absolute Gasteiger partial charge is 0.377 e. The van der Waals surface area contributed by atoms with Crippen molar-refractivity contribution in [2.45, 2.75) is 39.3 Å². The van der Waals surface area contributed by atoms with Gasteiger partial charge in [-0.2, -0.15) is 0 Å². The molecule has 0 aliphatic carbocycles. The minimum absolute atomic E-state index is 0.0499. The molecule has 0 N–H and O–H groups in total. The van der Waals surface area contributed by atoms with Crippen LogP contribution in [-0.4, -0.2) is 51.3 Å². The maximum Gasteiger partial charge on any atom is 0.338 e. The first-order valence-electron chi connectivity index (χ1n) is 5.05. The van der Waals surface area contributed by atoms with Gasteiger partial charge < -0.3 is 4.15 Å². The van der Waals surface area contributed by atoms with Gasteiger partial charge in [-0.3, -0.25) is 4.57 Å². The van der Waals surface area contributed by atoms with E-state index in [1.54, 1.807) is 0 Å². The summed E-state index contributed by atoms with van der Waals surface area (Å²) in [5.74, 6) is 0. The molecule has 2 nitrogen and oxygen atoms in total. The van der Waals surface area contributed by atoms with Crippen LogP contribution in [0.5, 0.6) is 0 Å². The molecule has 1 heterocycles. The van der Waals surface area contributed by atoms with Crippen LogP contribution in [0.4, 0.5) is 0 Å². The zero-order valence-corrected chi connectivity index (χ0v) is 10.6. The number of hydrogen-bond donors (Lipinski definition) is 0. The van der Waals surface area contributed by atoms with Gasteiger partial charge in [0.15, 0.2) is 0 Å². The van der Waals surface area contributed by atoms with Gasteiger partial charge in [-0.1, -0.05) is 6.92 Å². The molecule has 3 heteroatoms. The van der Waals surface area contributed by atoms with Crippen molar-refractivity contribution < 1.29 is 4.15 Å². The van der Waals surface area contributed by atoms with E-state index in [1.807, 2.05) is 0 Å². The summed E-state index contributed by atoms with van der Waals surface area (Å²) in [5, 5.41) is 0. The second kappa shape index (κ2) is 3.48. The quantitative estimate of drug-likeness (QED) is 0.571. The lowest BCUT2D eigenvalue weighted by Crippen LogP contribution is -2.46. The predicted octanol–water partition coefficient (Wildman–Crippen LogP) is 0.564. The third-order valence-electron chi connectivity index (χ3n) is 3.43. The van der Waals surface area contributed by atoms with Gasteiger partial charge in [-0.05, 0) is 26.8 Å². The molecule has 0 aromatic carbocycles. The normalized spacial score (nSPS) is 37.8. The van der Waals surface area contributed by atoms with Crippen LogP contribution in [0.3, 0.4) is 0 Å². The van der Waals surface area contributed by atoms with Gasteiger partial charge in [0, 0.05) is 0 Å². The van der Waals surface area contributed by atoms with Crippen LogP contribution in [-0.2, 0) is 0 Å². The summed E-state index contributed by atoms with van der Waals surface area (Å²) < 4.78 is 4.03. The second-order valence-corrected chi connectivity index (χ2v) is 7.44. The first kappa shape index (κ1) is 10.2. The van der Waals surface area contributed by atoms with E-state index in [0.717, 1.165) is 12.1 Å². The first-order chi connectivity index (χ1) is 5.49. The molecule has 2 unspecified atom stereocenters. The van der Waals surface area contributed by atoms with Crippen molar-refractivity contribution >= 4 is 9.84 Å². The zero-order chi connectivity index (χ0) is 9.35. The lowest BCUT2D eigenvalue weighted by molar-refractivity contribution is -0.798. The van der Waals surface area contributed by atoms with Crippen molar-refractivity contribution in [3.05, 3.63) is 0 Å². The molecule has 0 bridgehead atoms. The molecule has 0 saturated carbocycles. The topological polar surface area (TPSA) is 3.24 Å². The Hall–Kier alpha value is 0.137. The van der Waals surface area contributed by atoms with E-state index >= 15 is 0 Å². The average Bonchev–Trinajstić information content (AvgIpc) is 2.16. The summed E-state index contributed by atoms with van der Waals surface area (Å²) >= 11 is 0. The Morgan fingerprint density at radius 3 is 2.25 bits per heavy atom. The van der Waals surface area contributed by atoms with Crippen molar-refractivity contribution in [2.75, 3.05) is 20.6 Å². The number of hydrogen-bond acceptors (Lipinski definition) is 1. The molecule has 0 aromatic rings. The van der Waals surface area contributed by atoms with E-state index in [2.05, 4.69) is 39.4 Å². The predicted molar refractivity (Wildman–Crippen MR) is 56.6 cm³/mol. The van der Waals surface area contributed by atoms with E-state index in [4.69, 9.17) is 0 Å². The molecule has 12 heavy (non-hydrogen) atoms. The molecule has 0 radical (unpaired) electrons. The monoisotopic (exact) mass is 187 g/mol. The standard InChI is InChI=1S/C9H23N2Si/c1-6-7-10-8(2)9(3)11(4,5)12-10/h8-9H,6-7,12H2,1-5H3/q+1. The summed E-state index contributed by atoms with van der Waals surface area (Å²) in [6, 6.07) is 1.65. The molecule has 72 valence electrons. The van der Waals surface area contributed by atoms with Crippen molar-refractivity contribution in [3.63, 3.8) is 0 Å². The molecule has 2 atom stereocenters. The van der Waals surface area contributed by atoms with Crippen molar-refractivity contribution in [3.8, 4) is 0 Å². The van der Waals surface area contributed by atoms with E-state index in [0.29, 0.717) is 0 Å². The van der Waals surface area contributed by atoms with E-state index < -0.39 is 0 Å². The molecule has 1 aliphatic heterocycles. The summed E-state index contributed by atoms with van der Waals surface area (Å²) in [6.07, 6.45) is 1.31. The van der Waals surface area contributed by atoms with Crippen molar-refractivity contribution in [2.24, 2.45) is 0 Å². The van der Waals surface area contributed by atoms with Crippen molar-refractivity contribution in [1.29, 1.82) is 0 Å². The van der Waals surface area contributed by atoms with Gasteiger partial charge >= 0.3 is 9.84 Å². The molecule has 1 aliphatic rings. The smallest absolute Gasteiger partial charge is 0.338 e. The Labute approximate surface area is 79.1 Å². The maximum absolute atomic E-state index is 2.74. The zero-order valence-electron chi connectivity index (χ0n) is 9.17. The molecule has 1 rings (SSSR count). The van der Waals surface area contributed by atoms with Gasteiger partial charge in [0.25, 0.3) is 0 Å². The highest BCUT2D eigenvalue weighted by molar-refractivity contribution is 6.23. The second-order valence-electron chi connectivity index (χ2n) is 4.71. The van der Waals surface area contributed by atoms with Crippen molar-refractivity contribution in [1.82, 2.24) is 4.57 Å². The number of likely N-dealkylation sites (N-methyl/N-ethyl adjacent to an activating group) is 1. The number of rotatable bonds is 2. The fourth-order valence-corrected chi connectivity index (χ4v) is 4.70. The lowest BCUT2D eigenvalue weighted by atomic mass is 10.1. The van der Waals surface area contributed by atoms with Crippen LogP contribution in [0.15, 0.2) is 0 Å². The van der Waals surface area contributed by atoms with Crippen LogP contribution < -0.4 is 0 Å². The Bertz CT molecular complexity index is 159. The molecule has 0 spiro atoms. The molecular weight excluding hydrogens is 164 g/mol. The van der Waals surface area contributed by atoms with Crippen LogP contribution in [0.1, 0.15) is 27.2 Å². The Morgan fingerprint density at radius 2 is 1.92 bits per heavy atom. The van der Waals surface area contributed by atoms with E-state index in [1.165, 1.54) is 17.1 Å². The first-order valence-corrected chi connectivity index (χ1v) is 6.32. The third kappa shape index (κ3) is 1.73. The highest BCUT2D eigenvalue weighted by Crippen LogP contribution is 2.22. The molecule has 1 fully saturated rings. The van der Waals surface area contributed by atoms with E-state index in [-0.39, 0.29) is 9.84 Å². The SMILES string of the molecule is CCCN1[SiH2][N+](C)(C)C(C)C1C. The van der Waals surface area contributed by atoms with Gasteiger partial charge in [-0.15, -0.1) is 0 Å². The Kier molecular flexibility index (Phi) is 2.96. The van der Waals surface area contributed by atoms with Gasteiger partial charge in [-0.25, -0.2) is 0 Å². The molecule has 0 aromatic heterocycles. The lowest BCUT2D eigenvalue weighted by Gasteiger charge is -2.30. The average molecular weight is 187 g/mol. The minimum Gasteiger partial charge on any atom is -0.377 e. The fourth-order valence-electron chi connectivity index (χ4n) is 2.18. The number of nitrogens with zero attached hydrogens (tertiary/aromatic N) is 2. The molecule has 0 amide bonds. The summed E-state index contributed by atoms with van der Waals surface area (Å²) in [6.45, 7) is 8.39. The summed E-state index contributed by atoms with van der Waals surface area (Å²) in [5.41, 5.74) is 0. The summed E-state index contributed by atoms with van der Waals surface area (Å²) in [4.78, 5) is 0. The molecule has 1 saturated heterocycles. The Morgan fingerprint density at radius 1 is 1.33 bits per heavy atom. The van der Waals surface area contributed by atoms with Crippen LogP contribution in [0.2, 0.25) is 0 Å². The minimum atomic E-state index is -0.0499. The number of quaternary nitrogens is 1. The van der Waals surface area contributed by atoms with Crippen LogP contribution >= 0.6 is 0 Å². The van der Waals surface area contributed by atoms with Gasteiger partial charge in [0.2, 0.25) is 0 Å². The fraction of sp³-hybridized carbons (Fsp3) is 1.00. The summed E-state index contributed by atoms with van der Waals surface area (Å²) in [7, 11) is 4.73. The maximum atomic E-state index is 2.74. The Balaban J connectivity index is 2.61. The van der Waals surface area contributed by atoms with Gasteiger partial charge in [0.05, 0.1) is 26.2 Å². The van der Waals surface area contributed by atoms with Gasteiger partial charge in [0.1, 0.15) is 0 Å². The van der Waals surface area contributed by atoms with Crippen LogP contribution in [0.25, 0.3) is 0 Å². The highest BCUT2D eigenvalue weighted by atomic mass is 28.2. The third-order valence-corrected chi connectivity index (χ3v) is 5.99. The van der Waals surface area contributed by atoms with E-state index in [9.17, 15) is 0 Å². The highest BCUT2D eigenvalue weighted by Gasteiger charge is 2.42. The molecular formula is C9H23N2Si+. The van der Waals surface area contributed by atoms with Crippen LogP contribution in [0, 0.1) is 0 Å².